The van der Waals surface area contributed by atoms with E-state index in [-0.39, 0.29) is 0 Å². The standard InChI is InChI=1S/C12H18ClN5/c1-3-10-7-12(17(2)15-10)9-18-8-11(14-16-18)5-4-6-13/h7-8H,3-6,9H2,1-2H3. The highest BCUT2D eigenvalue weighted by Gasteiger charge is 2.06. The fraction of sp³-hybridized carbons (Fsp3) is 0.583. The predicted octanol–water partition coefficient (Wildman–Crippen LogP) is 1.79. The Morgan fingerprint density at radius 1 is 1.33 bits per heavy atom. The summed E-state index contributed by atoms with van der Waals surface area (Å²) in [6.07, 6.45) is 4.75. The minimum Gasteiger partial charge on any atom is -0.270 e. The van der Waals surface area contributed by atoms with Gasteiger partial charge in [-0.2, -0.15) is 5.10 Å². The zero-order valence-corrected chi connectivity index (χ0v) is 11.6. The van der Waals surface area contributed by atoms with E-state index in [2.05, 4.69) is 28.4 Å². The van der Waals surface area contributed by atoms with Crippen LogP contribution in [-0.4, -0.2) is 30.7 Å². The van der Waals surface area contributed by atoms with Crippen molar-refractivity contribution in [3.05, 3.63) is 29.3 Å². The molecule has 2 aromatic rings. The third kappa shape index (κ3) is 3.10. The third-order valence-electron chi connectivity index (χ3n) is 2.87. The quantitative estimate of drug-likeness (QED) is 0.750. The van der Waals surface area contributed by atoms with Crippen molar-refractivity contribution in [2.75, 3.05) is 5.88 Å². The largest absolute Gasteiger partial charge is 0.270 e. The Kier molecular flexibility index (Phi) is 4.36. The van der Waals surface area contributed by atoms with Gasteiger partial charge in [0.05, 0.1) is 23.6 Å². The lowest BCUT2D eigenvalue weighted by Gasteiger charge is -2.00. The summed E-state index contributed by atoms with van der Waals surface area (Å²) in [6, 6.07) is 2.11. The molecule has 18 heavy (non-hydrogen) atoms. The molecule has 0 aliphatic rings. The molecule has 0 aliphatic heterocycles. The molecular formula is C12H18ClN5. The summed E-state index contributed by atoms with van der Waals surface area (Å²) in [5.41, 5.74) is 3.24. The van der Waals surface area contributed by atoms with Gasteiger partial charge in [-0.3, -0.25) is 4.68 Å². The van der Waals surface area contributed by atoms with Gasteiger partial charge in [-0.1, -0.05) is 12.1 Å². The molecule has 2 heterocycles. The van der Waals surface area contributed by atoms with Crippen molar-refractivity contribution >= 4 is 11.6 Å². The summed E-state index contributed by atoms with van der Waals surface area (Å²) >= 11 is 5.66. The van der Waals surface area contributed by atoms with Gasteiger partial charge in [0.1, 0.15) is 0 Å². The molecule has 0 aliphatic carbocycles. The van der Waals surface area contributed by atoms with Gasteiger partial charge in [0.15, 0.2) is 0 Å². The van der Waals surface area contributed by atoms with E-state index in [1.165, 1.54) is 0 Å². The number of aryl methyl sites for hydroxylation is 3. The van der Waals surface area contributed by atoms with Gasteiger partial charge in [0.2, 0.25) is 0 Å². The summed E-state index contributed by atoms with van der Waals surface area (Å²) in [5.74, 6) is 0.661. The van der Waals surface area contributed by atoms with Crippen LogP contribution in [0.1, 0.15) is 30.4 Å². The van der Waals surface area contributed by atoms with Gasteiger partial charge >= 0.3 is 0 Å². The summed E-state index contributed by atoms with van der Waals surface area (Å²) in [7, 11) is 1.96. The minimum atomic E-state index is 0.661. The van der Waals surface area contributed by atoms with Crippen molar-refractivity contribution in [1.82, 2.24) is 24.8 Å². The van der Waals surface area contributed by atoms with Crippen LogP contribution in [0, 0.1) is 0 Å². The number of aromatic nitrogens is 5. The third-order valence-corrected chi connectivity index (χ3v) is 3.13. The van der Waals surface area contributed by atoms with Crippen LogP contribution in [0.4, 0.5) is 0 Å². The van der Waals surface area contributed by atoms with Crippen LogP contribution >= 0.6 is 11.6 Å². The van der Waals surface area contributed by atoms with Crippen molar-refractivity contribution in [2.45, 2.75) is 32.7 Å². The maximum atomic E-state index is 5.66. The Bertz CT molecular complexity index is 502. The maximum Gasteiger partial charge on any atom is 0.0846 e. The zero-order chi connectivity index (χ0) is 13.0. The summed E-state index contributed by atoms with van der Waals surface area (Å²) in [4.78, 5) is 0. The second-order valence-electron chi connectivity index (χ2n) is 4.30. The van der Waals surface area contributed by atoms with Gasteiger partial charge in [0.25, 0.3) is 0 Å². The minimum absolute atomic E-state index is 0.661. The zero-order valence-electron chi connectivity index (χ0n) is 10.8. The van der Waals surface area contributed by atoms with Crippen molar-refractivity contribution in [3.63, 3.8) is 0 Å². The van der Waals surface area contributed by atoms with Gasteiger partial charge in [-0.25, -0.2) is 4.68 Å². The van der Waals surface area contributed by atoms with Crippen LogP contribution in [0.3, 0.4) is 0 Å². The Hall–Kier alpha value is -1.36. The van der Waals surface area contributed by atoms with E-state index >= 15 is 0 Å². The first kappa shape index (κ1) is 13.1. The summed E-state index contributed by atoms with van der Waals surface area (Å²) in [6.45, 7) is 2.81. The lowest BCUT2D eigenvalue weighted by Crippen LogP contribution is -2.06. The summed E-state index contributed by atoms with van der Waals surface area (Å²) < 4.78 is 3.75. The van der Waals surface area contributed by atoms with E-state index in [0.29, 0.717) is 12.4 Å². The fourth-order valence-corrected chi connectivity index (χ4v) is 1.97. The average Bonchev–Trinajstić information content (AvgIpc) is 2.95. The lowest BCUT2D eigenvalue weighted by atomic mass is 10.3. The number of halogens is 1. The highest BCUT2D eigenvalue weighted by molar-refractivity contribution is 6.17. The Morgan fingerprint density at radius 3 is 2.83 bits per heavy atom. The Balaban J connectivity index is 2.04. The van der Waals surface area contributed by atoms with Crippen molar-refractivity contribution in [1.29, 1.82) is 0 Å². The molecule has 2 rings (SSSR count). The highest BCUT2D eigenvalue weighted by atomic mass is 35.5. The number of rotatable bonds is 6. The number of nitrogens with zero attached hydrogens (tertiary/aromatic N) is 5. The molecule has 0 saturated carbocycles. The second kappa shape index (κ2) is 6.00. The topological polar surface area (TPSA) is 48.5 Å². The Labute approximate surface area is 112 Å². The molecule has 0 saturated heterocycles. The fourth-order valence-electron chi connectivity index (χ4n) is 1.84. The maximum absolute atomic E-state index is 5.66. The van der Waals surface area contributed by atoms with Crippen LogP contribution in [0.15, 0.2) is 12.3 Å². The lowest BCUT2D eigenvalue weighted by molar-refractivity contribution is 0.598. The number of hydrogen-bond acceptors (Lipinski definition) is 3. The van der Waals surface area contributed by atoms with Crippen molar-refractivity contribution < 1.29 is 0 Å². The molecule has 0 radical (unpaired) electrons. The van der Waals surface area contributed by atoms with E-state index in [1.807, 2.05) is 22.6 Å². The van der Waals surface area contributed by atoms with E-state index in [9.17, 15) is 0 Å². The first-order valence-electron chi connectivity index (χ1n) is 6.19. The first-order chi connectivity index (χ1) is 8.72. The molecule has 0 unspecified atom stereocenters. The first-order valence-corrected chi connectivity index (χ1v) is 6.73. The SMILES string of the molecule is CCc1cc(Cn2cc(CCCCl)nn2)n(C)n1. The van der Waals surface area contributed by atoms with Gasteiger partial charge in [-0.15, -0.1) is 16.7 Å². The highest BCUT2D eigenvalue weighted by Crippen LogP contribution is 2.07. The molecule has 0 aromatic carbocycles. The molecule has 0 N–H and O–H groups in total. The molecule has 0 spiro atoms. The molecule has 98 valence electrons. The van der Waals surface area contributed by atoms with Gasteiger partial charge in [-0.05, 0) is 25.3 Å². The van der Waals surface area contributed by atoms with E-state index in [4.69, 9.17) is 11.6 Å². The molecule has 0 bridgehead atoms. The van der Waals surface area contributed by atoms with Crippen LogP contribution in [-0.2, 0) is 26.4 Å². The van der Waals surface area contributed by atoms with Crippen molar-refractivity contribution in [3.8, 4) is 0 Å². The molecule has 2 aromatic heterocycles. The second-order valence-corrected chi connectivity index (χ2v) is 4.68. The smallest absolute Gasteiger partial charge is 0.0846 e. The van der Waals surface area contributed by atoms with E-state index < -0.39 is 0 Å². The Morgan fingerprint density at radius 2 is 2.17 bits per heavy atom. The van der Waals surface area contributed by atoms with E-state index in [0.717, 1.165) is 36.3 Å². The molecule has 0 amide bonds. The van der Waals surface area contributed by atoms with Gasteiger partial charge in [0, 0.05) is 19.1 Å². The van der Waals surface area contributed by atoms with Crippen molar-refractivity contribution in [2.24, 2.45) is 7.05 Å². The molecule has 6 heteroatoms. The molecule has 0 atom stereocenters. The van der Waals surface area contributed by atoms with E-state index in [1.54, 1.807) is 0 Å². The van der Waals surface area contributed by atoms with Crippen LogP contribution < -0.4 is 0 Å². The average molecular weight is 268 g/mol. The van der Waals surface area contributed by atoms with Gasteiger partial charge < -0.3 is 0 Å². The monoisotopic (exact) mass is 267 g/mol. The number of hydrogen-bond donors (Lipinski definition) is 0. The number of alkyl halides is 1. The molecule has 0 fully saturated rings. The summed E-state index contributed by atoms with van der Waals surface area (Å²) in [5, 5.41) is 12.7. The molecule has 5 nitrogen and oxygen atoms in total. The predicted molar refractivity (Wildman–Crippen MR) is 70.8 cm³/mol. The van der Waals surface area contributed by atoms with Crippen LogP contribution in [0.5, 0.6) is 0 Å². The van der Waals surface area contributed by atoms with Crippen LogP contribution in [0.2, 0.25) is 0 Å². The molecular weight excluding hydrogens is 250 g/mol. The van der Waals surface area contributed by atoms with Crippen LogP contribution in [0.25, 0.3) is 0 Å². The normalized spacial score (nSPS) is 11.1.